The number of hydrogen-bond donors (Lipinski definition) is 1. The lowest BCUT2D eigenvalue weighted by atomic mass is 10.1. The van der Waals surface area contributed by atoms with Gasteiger partial charge in [0, 0.05) is 23.3 Å². The Morgan fingerprint density at radius 3 is 2.83 bits per heavy atom. The van der Waals surface area contributed by atoms with Gasteiger partial charge in [0.05, 0.1) is 0 Å². The van der Waals surface area contributed by atoms with Crippen molar-refractivity contribution in [1.29, 1.82) is 0 Å². The summed E-state index contributed by atoms with van der Waals surface area (Å²) in [6, 6.07) is 11.3. The maximum Gasteiger partial charge on any atom is 0.251 e. The van der Waals surface area contributed by atoms with Gasteiger partial charge in [-0.15, -0.1) is 0 Å². The minimum absolute atomic E-state index is 0.160. The second kappa shape index (κ2) is 4.07. The van der Waals surface area contributed by atoms with Gasteiger partial charge in [-0.2, -0.15) is 0 Å². The molecule has 0 fully saturated rings. The summed E-state index contributed by atoms with van der Waals surface area (Å²) in [5.41, 5.74) is 1.23. The van der Waals surface area contributed by atoms with Crippen molar-refractivity contribution in [2.24, 2.45) is 0 Å². The predicted octanol–water partition coefficient (Wildman–Crippen LogP) is 2.29. The molecule has 18 heavy (non-hydrogen) atoms. The highest BCUT2D eigenvalue weighted by Crippen LogP contribution is 2.22. The summed E-state index contributed by atoms with van der Waals surface area (Å²) in [6.07, 6.45) is 1.72. The molecule has 2 heterocycles. The monoisotopic (exact) mass is 237 g/mol. The molecule has 0 bridgehead atoms. The van der Waals surface area contributed by atoms with Gasteiger partial charge in [-0.05, 0) is 18.4 Å². The zero-order chi connectivity index (χ0) is 12.5. The van der Waals surface area contributed by atoms with Crippen molar-refractivity contribution in [2.75, 3.05) is 0 Å². The Hall–Kier alpha value is -2.49. The number of H-pyrrole nitrogens is 1. The van der Waals surface area contributed by atoms with Crippen molar-refractivity contribution < 1.29 is 0 Å². The van der Waals surface area contributed by atoms with Gasteiger partial charge in [0.1, 0.15) is 5.69 Å². The number of nitrogens with one attached hydrogen (secondary N) is 1. The lowest BCUT2D eigenvalue weighted by Crippen LogP contribution is -2.09. The highest BCUT2D eigenvalue weighted by Gasteiger charge is 2.07. The molecule has 4 nitrogen and oxygen atoms in total. The maximum absolute atomic E-state index is 11.5. The molecule has 4 heteroatoms. The van der Waals surface area contributed by atoms with Crippen molar-refractivity contribution in [2.45, 2.75) is 6.92 Å². The average molecular weight is 237 g/mol. The fourth-order valence-corrected chi connectivity index (χ4v) is 2.00. The Morgan fingerprint density at radius 2 is 2.00 bits per heavy atom. The van der Waals surface area contributed by atoms with Crippen LogP contribution >= 0.6 is 0 Å². The van der Waals surface area contributed by atoms with E-state index in [9.17, 15) is 4.79 Å². The molecule has 0 aliphatic rings. The number of aromatic amines is 1. The molecule has 0 aliphatic carbocycles. The Kier molecular flexibility index (Phi) is 2.41. The summed E-state index contributed by atoms with van der Waals surface area (Å²) in [7, 11) is 0. The van der Waals surface area contributed by atoms with Gasteiger partial charge in [0.25, 0.3) is 5.56 Å². The van der Waals surface area contributed by atoms with Gasteiger partial charge in [-0.25, -0.2) is 4.98 Å². The van der Waals surface area contributed by atoms with Gasteiger partial charge < -0.3 is 4.98 Å². The Morgan fingerprint density at radius 1 is 1.17 bits per heavy atom. The smallest absolute Gasteiger partial charge is 0.251 e. The molecule has 1 N–H and O–H groups in total. The number of pyridine rings is 1. The molecule has 0 unspecified atom stereocenters. The van der Waals surface area contributed by atoms with Crippen molar-refractivity contribution in [1.82, 2.24) is 15.0 Å². The normalized spacial score (nSPS) is 10.7. The maximum atomic E-state index is 11.5. The number of rotatable bonds is 1. The van der Waals surface area contributed by atoms with Crippen LogP contribution in [0.1, 0.15) is 5.69 Å². The van der Waals surface area contributed by atoms with E-state index in [-0.39, 0.29) is 5.56 Å². The topological polar surface area (TPSA) is 58.6 Å². The summed E-state index contributed by atoms with van der Waals surface area (Å²) in [5, 5.41) is 2.06. The second-order valence-corrected chi connectivity index (χ2v) is 4.12. The van der Waals surface area contributed by atoms with Crippen LogP contribution < -0.4 is 5.56 Å². The standard InChI is InChI=1S/C14H11N3O/c1-9-8-12(18)17-14(16-9)13-11-5-3-2-4-10(11)6-7-15-13/h2-8H,1H3,(H,16,17,18). The summed E-state index contributed by atoms with van der Waals surface area (Å²) >= 11 is 0. The quantitative estimate of drug-likeness (QED) is 0.706. The third-order valence-electron chi connectivity index (χ3n) is 2.77. The van der Waals surface area contributed by atoms with Gasteiger partial charge in [0.15, 0.2) is 5.82 Å². The molecule has 0 amide bonds. The van der Waals surface area contributed by atoms with Crippen molar-refractivity contribution in [3.05, 3.63) is 58.6 Å². The van der Waals surface area contributed by atoms with E-state index < -0.39 is 0 Å². The largest absolute Gasteiger partial charge is 0.305 e. The molecule has 0 saturated carbocycles. The van der Waals surface area contributed by atoms with E-state index in [2.05, 4.69) is 15.0 Å². The molecule has 0 radical (unpaired) electrons. The molecule has 0 atom stereocenters. The van der Waals surface area contributed by atoms with Crippen LogP contribution in [0.2, 0.25) is 0 Å². The number of hydrogen-bond acceptors (Lipinski definition) is 3. The van der Waals surface area contributed by atoms with Gasteiger partial charge in [0.2, 0.25) is 0 Å². The highest BCUT2D eigenvalue weighted by molar-refractivity contribution is 5.92. The van der Waals surface area contributed by atoms with Crippen LogP contribution in [0.15, 0.2) is 47.4 Å². The number of aromatic nitrogens is 3. The molecule has 0 spiro atoms. The minimum atomic E-state index is -0.160. The molecule has 3 rings (SSSR count). The van der Waals surface area contributed by atoms with Crippen LogP contribution in [0.5, 0.6) is 0 Å². The molecule has 0 saturated heterocycles. The Balaban J connectivity index is 2.34. The van der Waals surface area contributed by atoms with Crippen LogP contribution in [0.4, 0.5) is 0 Å². The summed E-state index contributed by atoms with van der Waals surface area (Å²) in [4.78, 5) is 22.9. The Bertz CT molecular complexity index is 772. The fraction of sp³-hybridized carbons (Fsp3) is 0.0714. The first-order valence-corrected chi connectivity index (χ1v) is 5.66. The average Bonchev–Trinajstić information content (AvgIpc) is 2.37. The minimum Gasteiger partial charge on any atom is -0.305 e. The number of nitrogens with zero attached hydrogens (tertiary/aromatic N) is 2. The van der Waals surface area contributed by atoms with E-state index in [1.165, 1.54) is 6.07 Å². The third kappa shape index (κ3) is 1.78. The zero-order valence-corrected chi connectivity index (χ0v) is 9.84. The highest BCUT2D eigenvalue weighted by atomic mass is 16.1. The first kappa shape index (κ1) is 10.7. The Labute approximate surface area is 103 Å². The third-order valence-corrected chi connectivity index (χ3v) is 2.77. The fourth-order valence-electron chi connectivity index (χ4n) is 2.00. The van der Waals surface area contributed by atoms with Crippen LogP contribution in [0, 0.1) is 6.92 Å². The van der Waals surface area contributed by atoms with E-state index in [0.717, 1.165) is 10.8 Å². The van der Waals surface area contributed by atoms with E-state index in [0.29, 0.717) is 17.2 Å². The van der Waals surface area contributed by atoms with Gasteiger partial charge >= 0.3 is 0 Å². The molecular formula is C14H11N3O. The lowest BCUT2D eigenvalue weighted by molar-refractivity contribution is 1.06. The predicted molar refractivity (Wildman–Crippen MR) is 70.3 cm³/mol. The van der Waals surface area contributed by atoms with E-state index >= 15 is 0 Å². The van der Waals surface area contributed by atoms with Gasteiger partial charge in [-0.3, -0.25) is 9.78 Å². The number of aryl methyl sites for hydroxylation is 1. The summed E-state index contributed by atoms with van der Waals surface area (Å²) in [5.74, 6) is 0.511. The van der Waals surface area contributed by atoms with E-state index in [4.69, 9.17) is 0 Å². The molecule has 88 valence electrons. The number of fused-ring (bicyclic) bond motifs is 1. The number of benzene rings is 1. The van der Waals surface area contributed by atoms with Crippen LogP contribution in [-0.4, -0.2) is 15.0 Å². The van der Waals surface area contributed by atoms with Crippen molar-refractivity contribution in [3.8, 4) is 11.5 Å². The van der Waals surface area contributed by atoms with Crippen molar-refractivity contribution >= 4 is 10.8 Å². The van der Waals surface area contributed by atoms with Crippen LogP contribution in [0.3, 0.4) is 0 Å². The van der Waals surface area contributed by atoms with E-state index in [1.807, 2.05) is 30.3 Å². The summed E-state index contributed by atoms with van der Waals surface area (Å²) in [6.45, 7) is 1.80. The van der Waals surface area contributed by atoms with Crippen LogP contribution in [0.25, 0.3) is 22.3 Å². The summed E-state index contributed by atoms with van der Waals surface area (Å²) < 4.78 is 0. The molecule has 1 aromatic carbocycles. The second-order valence-electron chi connectivity index (χ2n) is 4.12. The first-order valence-electron chi connectivity index (χ1n) is 5.66. The SMILES string of the molecule is Cc1cc(=O)[nH]c(-c2nccc3ccccc23)n1. The van der Waals surface area contributed by atoms with Crippen molar-refractivity contribution in [3.63, 3.8) is 0 Å². The molecule has 0 aliphatic heterocycles. The molecule has 3 aromatic rings. The van der Waals surface area contributed by atoms with Crippen LogP contribution in [-0.2, 0) is 0 Å². The van der Waals surface area contributed by atoms with E-state index in [1.54, 1.807) is 13.1 Å². The first-order chi connectivity index (χ1) is 8.74. The van der Waals surface area contributed by atoms with Gasteiger partial charge in [-0.1, -0.05) is 24.3 Å². The lowest BCUT2D eigenvalue weighted by Gasteiger charge is -2.05. The zero-order valence-electron chi connectivity index (χ0n) is 9.84. The molecular weight excluding hydrogens is 226 g/mol. The molecule has 2 aromatic heterocycles.